The predicted molar refractivity (Wildman–Crippen MR) is 68.3 cm³/mol. The number of para-hydroxylation sites is 1. The van der Waals surface area contributed by atoms with E-state index < -0.39 is 5.60 Å². The molecule has 0 bridgehead atoms. The van der Waals surface area contributed by atoms with Crippen molar-refractivity contribution in [2.45, 2.75) is 38.2 Å². The molecule has 3 heteroatoms. The van der Waals surface area contributed by atoms with Crippen LogP contribution in [0.25, 0.3) is 11.0 Å². The minimum atomic E-state index is -0.973. The second kappa shape index (κ2) is 3.95. The Morgan fingerprint density at radius 1 is 1.28 bits per heavy atom. The van der Waals surface area contributed by atoms with Crippen LogP contribution in [0.4, 0.5) is 0 Å². The monoisotopic (exact) mass is 244 g/mol. The van der Waals surface area contributed by atoms with Crippen molar-refractivity contribution in [3.8, 4) is 0 Å². The second-order valence-corrected chi connectivity index (χ2v) is 5.17. The molecule has 0 saturated heterocycles. The van der Waals surface area contributed by atoms with Gasteiger partial charge in [-0.15, -0.1) is 0 Å². The van der Waals surface area contributed by atoms with Crippen LogP contribution in [0.15, 0.2) is 28.7 Å². The number of carbonyl (C=O) groups excluding carboxylic acids is 1. The third-order valence-electron chi connectivity index (χ3n) is 3.83. The maximum absolute atomic E-state index is 11.3. The zero-order valence-electron chi connectivity index (χ0n) is 10.4. The van der Waals surface area contributed by atoms with Crippen LogP contribution in [0, 0.1) is 6.92 Å². The van der Waals surface area contributed by atoms with Gasteiger partial charge in [0.15, 0.2) is 0 Å². The molecule has 94 valence electrons. The molecule has 0 amide bonds. The van der Waals surface area contributed by atoms with E-state index in [9.17, 15) is 9.90 Å². The van der Waals surface area contributed by atoms with Crippen molar-refractivity contribution in [2.24, 2.45) is 0 Å². The highest BCUT2D eigenvalue weighted by atomic mass is 16.4. The van der Waals surface area contributed by atoms with Gasteiger partial charge in [-0.25, -0.2) is 0 Å². The second-order valence-electron chi connectivity index (χ2n) is 5.17. The van der Waals surface area contributed by atoms with E-state index in [1.165, 1.54) is 0 Å². The van der Waals surface area contributed by atoms with Gasteiger partial charge < -0.3 is 9.52 Å². The molecule has 1 aromatic carbocycles. The van der Waals surface area contributed by atoms with Crippen LogP contribution in [0.3, 0.4) is 0 Å². The van der Waals surface area contributed by atoms with E-state index in [1.807, 2.05) is 31.2 Å². The maximum atomic E-state index is 11.3. The van der Waals surface area contributed by atoms with Gasteiger partial charge in [-0.3, -0.25) is 4.79 Å². The summed E-state index contributed by atoms with van der Waals surface area (Å²) in [5.74, 6) is 0.825. The number of hydrogen-bond acceptors (Lipinski definition) is 3. The number of Topliss-reactive ketones (excluding diaryl/α,β-unsaturated/α-hetero) is 1. The topological polar surface area (TPSA) is 50.4 Å². The first-order valence-electron chi connectivity index (χ1n) is 6.32. The maximum Gasteiger partial charge on any atom is 0.137 e. The zero-order chi connectivity index (χ0) is 12.8. The first-order valence-corrected chi connectivity index (χ1v) is 6.32. The largest absolute Gasteiger partial charge is 0.458 e. The van der Waals surface area contributed by atoms with Gasteiger partial charge in [0.2, 0.25) is 0 Å². The number of ketones is 1. The lowest BCUT2D eigenvalue weighted by molar-refractivity contribution is -0.126. The van der Waals surface area contributed by atoms with Crippen LogP contribution in [0.1, 0.15) is 37.0 Å². The molecule has 1 aliphatic rings. The first kappa shape index (κ1) is 11.5. The van der Waals surface area contributed by atoms with Crippen LogP contribution in [0.5, 0.6) is 0 Å². The third kappa shape index (κ3) is 1.75. The molecule has 18 heavy (non-hydrogen) atoms. The summed E-state index contributed by atoms with van der Waals surface area (Å²) in [5, 5.41) is 11.6. The highest BCUT2D eigenvalue weighted by molar-refractivity contribution is 5.82. The van der Waals surface area contributed by atoms with E-state index >= 15 is 0 Å². The summed E-state index contributed by atoms with van der Waals surface area (Å²) in [7, 11) is 0. The molecule has 0 radical (unpaired) electrons. The standard InChI is InChI=1S/C15H16O3/c1-10-3-2-4-11-9-13(18-14(10)11)15(17)7-5-12(16)6-8-15/h2-4,9,17H,5-8H2,1H3. The molecule has 0 spiro atoms. The summed E-state index contributed by atoms with van der Waals surface area (Å²) in [5.41, 5.74) is 0.923. The fourth-order valence-corrected chi connectivity index (χ4v) is 2.63. The number of hydrogen-bond donors (Lipinski definition) is 1. The van der Waals surface area contributed by atoms with Crippen molar-refractivity contribution in [1.82, 2.24) is 0 Å². The third-order valence-corrected chi connectivity index (χ3v) is 3.83. The Morgan fingerprint density at radius 2 is 2.00 bits per heavy atom. The average molecular weight is 244 g/mol. The molecule has 1 fully saturated rings. The molecular weight excluding hydrogens is 228 g/mol. The summed E-state index contributed by atoms with van der Waals surface area (Å²) < 4.78 is 5.82. The fourth-order valence-electron chi connectivity index (χ4n) is 2.63. The predicted octanol–water partition coefficient (Wildman–Crippen LogP) is 3.07. The molecule has 1 heterocycles. The molecule has 1 aromatic heterocycles. The number of furan rings is 1. The van der Waals surface area contributed by atoms with E-state index in [-0.39, 0.29) is 5.78 Å². The van der Waals surface area contributed by atoms with Gasteiger partial charge in [0.1, 0.15) is 22.7 Å². The molecule has 0 unspecified atom stereocenters. The lowest BCUT2D eigenvalue weighted by Gasteiger charge is -2.29. The van der Waals surface area contributed by atoms with Gasteiger partial charge in [-0.1, -0.05) is 18.2 Å². The molecule has 1 aliphatic carbocycles. The first-order chi connectivity index (χ1) is 8.58. The number of aryl methyl sites for hydroxylation is 1. The lowest BCUT2D eigenvalue weighted by atomic mass is 9.82. The summed E-state index contributed by atoms with van der Waals surface area (Å²) in [6, 6.07) is 7.85. The highest BCUT2D eigenvalue weighted by Gasteiger charge is 2.37. The summed E-state index contributed by atoms with van der Waals surface area (Å²) in [6.07, 6.45) is 1.80. The Bertz CT molecular complexity index is 599. The van der Waals surface area contributed by atoms with Crippen molar-refractivity contribution in [3.63, 3.8) is 0 Å². The van der Waals surface area contributed by atoms with Crippen LogP contribution in [0.2, 0.25) is 0 Å². The van der Waals surface area contributed by atoms with Crippen molar-refractivity contribution >= 4 is 16.8 Å². The average Bonchev–Trinajstić information content (AvgIpc) is 2.79. The Hall–Kier alpha value is -1.61. The van der Waals surface area contributed by atoms with Gasteiger partial charge in [-0.2, -0.15) is 0 Å². The fraction of sp³-hybridized carbons (Fsp3) is 0.400. The van der Waals surface area contributed by atoms with Crippen LogP contribution in [-0.4, -0.2) is 10.9 Å². The normalized spacial score (nSPS) is 19.3. The summed E-state index contributed by atoms with van der Waals surface area (Å²) in [6.45, 7) is 1.99. The van der Waals surface area contributed by atoms with Crippen LogP contribution >= 0.6 is 0 Å². The van der Waals surface area contributed by atoms with E-state index in [4.69, 9.17) is 4.42 Å². The minimum Gasteiger partial charge on any atom is -0.458 e. The molecule has 0 atom stereocenters. The SMILES string of the molecule is Cc1cccc2cc(C3(O)CCC(=O)CC3)oc12. The molecular formula is C15H16O3. The summed E-state index contributed by atoms with van der Waals surface area (Å²) in [4.78, 5) is 11.3. The Balaban J connectivity index is 2.04. The Kier molecular flexibility index (Phi) is 2.52. The highest BCUT2D eigenvalue weighted by Crippen LogP contribution is 2.38. The van der Waals surface area contributed by atoms with E-state index in [1.54, 1.807) is 0 Å². The number of benzene rings is 1. The number of rotatable bonds is 1. The van der Waals surface area contributed by atoms with E-state index in [0.29, 0.717) is 31.4 Å². The quantitative estimate of drug-likeness (QED) is 0.838. The van der Waals surface area contributed by atoms with E-state index in [0.717, 1.165) is 16.5 Å². The molecule has 1 N–H and O–H groups in total. The minimum absolute atomic E-state index is 0.229. The molecule has 1 saturated carbocycles. The van der Waals surface area contributed by atoms with Crippen LogP contribution in [-0.2, 0) is 10.4 Å². The molecule has 3 rings (SSSR count). The van der Waals surface area contributed by atoms with Gasteiger partial charge in [-0.05, 0) is 31.4 Å². The Morgan fingerprint density at radius 3 is 2.67 bits per heavy atom. The summed E-state index contributed by atoms with van der Waals surface area (Å²) >= 11 is 0. The smallest absolute Gasteiger partial charge is 0.137 e. The van der Waals surface area contributed by atoms with Gasteiger partial charge >= 0.3 is 0 Å². The molecule has 2 aromatic rings. The van der Waals surface area contributed by atoms with E-state index in [2.05, 4.69) is 0 Å². The zero-order valence-corrected chi connectivity index (χ0v) is 10.4. The number of fused-ring (bicyclic) bond motifs is 1. The Labute approximate surface area is 105 Å². The van der Waals surface area contributed by atoms with Gasteiger partial charge in [0, 0.05) is 18.2 Å². The van der Waals surface area contributed by atoms with Crippen molar-refractivity contribution in [3.05, 3.63) is 35.6 Å². The van der Waals surface area contributed by atoms with Gasteiger partial charge in [0.05, 0.1) is 0 Å². The number of carbonyl (C=O) groups is 1. The van der Waals surface area contributed by atoms with Crippen LogP contribution < -0.4 is 0 Å². The number of aliphatic hydroxyl groups is 1. The lowest BCUT2D eigenvalue weighted by Crippen LogP contribution is -2.31. The molecule has 3 nitrogen and oxygen atoms in total. The van der Waals surface area contributed by atoms with Crippen molar-refractivity contribution < 1.29 is 14.3 Å². The van der Waals surface area contributed by atoms with Crippen molar-refractivity contribution in [1.29, 1.82) is 0 Å². The van der Waals surface area contributed by atoms with Gasteiger partial charge in [0.25, 0.3) is 0 Å². The molecule has 0 aliphatic heterocycles. The van der Waals surface area contributed by atoms with Crippen molar-refractivity contribution in [2.75, 3.05) is 0 Å².